The first-order chi connectivity index (χ1) is 8.16. The predicted molar refractivity (Wildman–Crippen MR) is 71.7 cm³/mol. The molecular formula is C15H19ClO. The molecule has 0 aliphatic heterocycles. The van der Waals surface area contributed by atoms with Crippen molar-refractivity contribution < 1.29 is 4.79 Å². The lowest BCUT2D eigenvalue weighted by molar-refractivity contribution is 0.0950. The summed E-state index contributed by atoms with van der Waals surface area (Å²) in [6, 6.07) is 5.69. The van der Waals surface area contributed by atoms with Gasteiger partial charge in [-0.3, -0.25) is 4.79 Å². The Morgan fingerprint density at radius 2 is 2.00 bits per heavy atom. The molecule has 0 N–H and O–H groups in total. The van der Waals surface area contributed by atoms with Crippen molar-refractivity contribution in [3.05, 3.63) is 34.3 Å². The molecule has 1 aliphatic rings. The van der Waals surface area contributed by atoms with Crippen LogP contribution in [0, 0.1) is 12.8 Å². The minimum atomic E-state index is 0.210. The van der Waals surface area contributed by atoms with E-state index in [1.54, 1.807) is 0 Å². The molecule has 0 heterocycles. The normalized spacial score (nSPS) is 17.1. The Hall–Kier alpha value is -0.820. The van der Waals surface area contributed by atoms with Crippen molar-refractivity contribution in [2.24, 2.45) is 5.92 Å². The summed E-state index contributed by atoms with van der Waals surface area (Å²) in [5.74, 6) is 0.788. The zero-order chi connectivity index (χ0) is 12.3. The van der Waals surface area contributed by atoms with Gasteiger partial charge >= 0.3 is 0 Å². The molecule has 2 heteroatoms. The van der Waals surface area contributed by atoms with Crippen molar-refractivity contribution in [1.82, 2.24) is 0 Å². The number of aryl methyl sites for hydroxylation is 1. The maximum absolute atomic E-state index is 12.2. The zero-order valence-electron chi connectivity index (χ0n) is 10.3. The van der Waals surface area contributed by atoms with E-state index >= 15 is 0 Å². The van der Waals surface area contributed by atoms with Crippen molar-refractivity contribution >= 4 is 17.4 Å². The maximum atomic E-state index is 12.2. The molecule has 0 aromatic heterocycles. The van der Waals surface area contributed by atoms with Gasteiger partial charge in [0.1, 0.15) is 0 Å². The number of benzene rings is 1. The lowest BCUT2D eigenvalue weighted by Crippen LogP contribution is -2.12. The summed E-state index contributed by atoms with van der Waals surface area (Å²) in [5, 5.41) is 0.603. The Balaban J connectivity index is 2.03. The van der Waals surface area contributed by atoms with Crippen LogP contribution in [0.4, 0.5) is 0 Å². The highest BCUT2D eigenvalue weighted by Gasteiger charge is 2.19. The number of hydrogen-bond donors (Lipinski definition) is 0. The summed E-state index contributed by atoms with van der Waals surface area (Å²) in [6.07, 6.45) is 6.96. The van der Waals surface area contributed by atoms with Crippen LogP contribution in [0.1, 0.15) is 54.4 Å². The van der Waals surface area contributed by atoms with Crippen LogP contribution in [0.15, 0.2) is 18.2 Å². The highest BCUT2D eigenvalue weighted by atomic mass is 35.5. The smallest absolute Gasteiger partial charge is 0.164 e. The third-order valence-electron chi connectivity index (χ3n) is 3.62. The minimum Gasteiger partial charge on any atom is -0.294 e. The quantitative estimate of drug-likeness (QED) is 0.704. The van der Waals surface area contributed by atoms with E-state index in [2.05, 4.69) is 0 Å². The molecule has 2 rings (SSSR count). The van der Waals surface area contributed by atoms with Crippen LogP contribution in [0.25, 0.3) is 0 Å². The third kappa shape index (κ3) is 3.32. The summed E-state index contributed by atoms with van der Waals surface area (Å²) in [6.45, 7) is 1.99. The Bertz CT molecular complexity index is 405. The average Bonchev–Trinajstić information content (AvgIpc) is 2.30. The van der Waals surface area contributed by atoms with E-state index in [1.807, 2.05) is 25.1 Å². The molecule has 0 radical (unpaired) electrons. The van der Waals surface area contributed by atoms with Crippen LogP contribution in [0.2, 0.25) is 5.02 Å². The Morgan fingerprint density at radius 3 is 2.65 bits per heavy atom. The van der Waals surface area contributed by atoms with E-state index in [0.29, 0.717) is 22.9 Å². The summed E-state index contributed by atoms with van der Waals surface area (Å²) in [7, 11) is 0. The van der Waals surface area contributed by atoms with Crippen molar-refractivity contribution in [3.8, 4) is 0 Å². The van der Waals surface area contributed by atoms with Gasteiger partial charge in [-0.2, -0.15) is 0 Å². The number of carbonyl (C=O) groups excluding carboxylic acids is 1. The van der Waals surface area contributed by atoms with Gasteiger partial charge in [0.2, 0.25) is 0 Å². The van der Waals surface area contributed by atoms with Gasteiger partial charge in [-0.15, -0.1) is 0 Å². The highest BCUT2D eigenvalue weighted by Crippen LogP contribution is 2.29. The van der Waals surface area contributed by atoms with Crippen molar-refractivity contribution in [2.45, 2.75) is 45.4 Å². The summed E-state index contributed by atoms with van der Waals surface area (Å²) in [4.78, 5) is 12.2. The molecule has 0 saturated heterocycles. The molecule has 0 bridgehead atoms. The van der Waals surface area contributed by atoms with E-state index in [0.717, 1.165) is 5.56 Å². The topological polar surface area (TPSA) is 17.1 Å². The van der Waals surface area contributed by atoms with Gasteiger partial charge in [-0.25, -0.2) is 0 Å². The van der Waals surface area contributed by atoms with E-state index in [-0.39, 0.29) is 5.78 Å². The number of Topliss-reactive ketones (excluding diaryl/α,β-unsaturated/α-hetero) is 1. The predicted octanol–water partition coefficient (Wildman–Crippen LogP) is 4.80. The first kappa shape index (κ1) is 12.6. The van der Waals surface area contributed by atoms with Gasteiger partial charge in [0.15, 0.2) is 5.78 Å². The maximum Gasteiger partial charge on any atom is 0.164 e. The molecule has 0 amide bonds. The SMILES string of the molecule is Cc1ccc(C(=O)CC2CCCCC2)c(Cl)c1. The molecule has 1 nitrogen and oxygen atoms in total. The number of ketones is 1. The second-order valence-corrected chi connectivity index (χ2v) is 5.52. The van der Waals surface area contributed by atoms with Gasteiger partial charge in [-0.1, -0.05) is 49.8 Å². The van der Waals surface area contributed by atoms with Gasteiger partial charge in [0, 0.05) is 12.0 Å². The summed E-state index contributed by atoms with van der Waals surface area (Å²) < 4.78 is 0. The Labute approximate surface area is 108 Å². The number of carbonyl (C=O) groups is 1. The lowest BCUT2D eigenvalue weighted by Gasteiger charge is -2.20. The third-order valence-corrected chi connectivity index (χ3v) is 3.94. The van der Waals surface area contributed by atoms with E-state index in [9.17, 15) is 4.79 Å². The number of rotatable bonds is 3. The fourth-order valence-electron chi connectivity index (χ4n) is 2.61. The molecule has 0 spiro atoms. The van der Waals surface area contributed by atoms with Crippen LogP contribution in [-0.2, 0) is 0 Å². The standard InChI is InChI=1S/C15H19ClO/c1-11-7-8-13(14(16)9-11)15(17)10-12-5-3-2-4-6-12/h7-9,12H,2-6,10H2,1H3. The lowest BCUT2D eigenvalue weighted by atomic mass is 9.85. The summed E-state index contributed by atoms with van der Waals surface area (Å²) in [5.41, 5.74) is 1.80. The van der Waals surface area contributed by atoms with E-state index < -0.39 is 0 Å². The van der Waals surface area contributed by atoms with Gasteiger partial charge in [0.05, 0.1) is 5.02 Å². The molecule has 92 valence electrons. The first-order valence-electron chi connectivity index (χ1n) is 6.46. The second-order valence-electron chi connectivity index (χ2n) is 5.11. The largest absolute Gasteiger partial charge is 0.294 e. The fourth-order valence-corrected chi connectivity index (χ4v) is 2.95. The molecule has 1 aromatic rings. The number of hydrogen-bond acceptors (Lipinski definition) is 1. The van der Waals surface area contributed by atoms with E-state index in [1.165, 1.54) is 32.1 Å². The van der Waals surface area contributed by atoms with Crippen LogP contribution < -0.4 is 0 Å². The number of halogens is 1. The monoisotopic (exact) mass is 250 g/mol. The zero-order valence-corrected chi connectivity index (χ0v) is 11.1. The Morgan fingerprint density at radius 1 is 1.29 bits per heavy atom. The van der Waals surface area contributed by atoms with Crippen molar-refractivity contribution in [2.75, 3.05) is 0 Å². The van der Waals surface area contributed by atoms with E-state index in [4.69, 9.17) is 11.6 Å². The van der Waals surface area contributed by atoms with Gasteiger partial charge in [0.25, 0.3) is 0 Å². The average molecular weight is 251 g/mol. The molecule has 17 heavy (non-hydrogen) atoms. The fraction of sp³-hybridized carbons (Fsp3) is 0.533. The second kappa shape index (κ2) is 5.68. The van der Waals surface area contributed by atoms with Crippen molar-refractivity contribution in [1.29, 1.82) is 0 Å². The Kier molecular flexibility index (Phi) is 4.22. The molecule has 1 fully saturated rings. The minimum absolute atomic E-state index is 0.210. The van der Waals surface area contributed by atoms with Gasteiger partial charge in [-0.05, 0) is 30.5 Å². The van der Waals surface area contributed by atoms with Crippen LogP contribution in [-0.4, -0.2) is 5.78 Å². The molecular weight excluding hydrogens is 232 g/mol. The molecule has 1 saturated carbocycles. The van der Waals surface area contributed by atoms with Gasteiger partial charge < -0.3 is 0 Å². The molecule has 0 unspecified atom stereocenters. The van der Waals surface area contributed by atoms with Crippen LogP contribution in [0.5, 0.6) is 0 Å². The highest BCUT2D eigenvalue weighted by molar-refractivity contribution is 6.34. The molecule has 1 aliphatic carbocycles. The van der Waals surface area contributed by atoms with Crippen LogP contribution >= 0.6 is 11.6 Å². The first-order valence-corrected chi connectivity index (χ1v) is 6.84. The molecule has 1 aromatic carbocycles. The van der Waals surface area contributed by atoms with Crippen molar-refractivity contribution in [3.63, 3.8) is 0 Å². The van der Waals surface area contributed by atoms with Crippen LogP contribution in [0.3, 0.4) is 0 Å². The summed E-state index contributed by atoms with van der Waals surface area (Å²) >= 11 is 6.12. The molecule has 0 atom stereocenters.